The smallest absolute Gasteiger partial charge is 0.360 e. The molecule has 86 valence electrons. The van der Waals surface area contributed by atoms with E-state index in [4.69, 9.17) is 14.9 Å². The molecule has 1 rings (SSSR count). The summed E-state index contributed by atoms with van der Waals surface area (Å²) in [5.41, 5.74) is -2.22. The summed E-state index contributed by atoms with van der Waals surface area (Å²) in [5.74, 6) is -2.80. The van der Waals surface area contributed by atoms with Crippen LogP contribution in [-0.2, 0) is 9.59 Å². The number of carboxylic acid groups (broad SMARTS) is 2. The maximum absolute atomic E-state index is 11.0. The molecule has 0 unspecified atom stereocenters. The zero-order valence-corrected chi connectivity index (χ0v) is 8.71. The lowest BCUT2D eigenvalue weighted by atomic mass is 10.0. The van der Waals surface area contributed by atoms with Crippen LogP contribution in [0, 0.1) is 0 Å². The number of ether oxygens (including phenoxy) is 1. The van der Waals surface area contributed by atoms with Crippen molar-refractivity contribution in [3.8, 4) is 5.75 Å². The van der Waals surface area contributed by atoms with E-state index >= 15 is 0 Å². The van der Waals surface area contributed by atoms with Crippen LogP contribution in [-0.4, -0.2) is 27.8 Å². The Morgan fingerprint density at radius 2 is 1.69 bits per heavy atom. The third kappa shape index (κ3) is 2.13. The van der Waals surface area contributed by atoms with Crippen LogP contribution in [0.2, 0.25) is 0 Å². The van der Waals surface area contributed by atoms with Crippen molar-refractivity contribution >= 4 is 11.9 Å². The topological polar surface area (TPSA) is 83.8 Å². The fraction of sp³-hybridized carbons (Fsp3) is 0.273. The standard InChI is InChI=1S/C11H12O5/c1-2-11(9(12)13,10(14)15)16-8-6-4-3-5-7-8/h3-7H,2H2,1H3,(H,12,13)(H,14,15). The highest BCUT2D eigenvalue weighted by Crippen LogP contribution is 2.22. The second-order valence-corrected chi connectivity index (χ2v) is 3.21. The van der Waals surface area contributed by atoms with E-state index in [1.165, 1.54) is 19.1 Å². The summed E-state index contributed by atoms with van der Waals surface area (Å²) in [5, 5.41) is 17.9. The summed E-state index contributed by atoms with van der Waals surface area (Å²) < 4.78 is 5.08. The van der Waals surface area contributed by atoms with Crippen LogP contribution in [0.3, 0.4) is 0 Å². The fourth-order valence-corrected chi connectivity index (χ4v) is 1.24. The molecule has 0 radical (unpaired) electrons. The molecule has 0 saturated heterocycles. The molecule has 1 aromatic rings. The summed E-state index contributed by atoms with van der Waals surface area (Å²) in [6.07, 6.45) is -0.160. The van der Waals surface area contributed by atoms with Crippen LogP contribution in [0.5, 0.6) is 5.75 Å². The van der Waals surface area contributed by atoms with Crippen LogP contribution >= 0.6 is 0 Å². The Kier molecular flexibility index (Phi) is 3.50. The van der Waals surface area contributed by atoms with Crippen molar-refractivity contribution in [1.29, 1.82) is 0 Å². The average molecular weight is 224 g/mol. The Hall–Kier alpha value is -2.04. The lowest BCUT2D eigenvalue weighted by Gasteiger charge is -2.24. The molecule has 0 aromatic heterocycles. The van der Waals surface area contributed by atoms with Gasteiger partial charge in [-0.1, -0.05) is 25.1 Å². The van der Waals surface area contributed by atoms with E-state index in [9.17, 15) is 9.59 Å². The van der Waals surface area contributed by atoms with Gasteiger partial charge in [0.1, 0.15) is 5.75 Å². The molecule has 0 aliphatic carbocycles. The number of hydrogen-bond acceptors (Lipinski definition) is 3. The minimum atomic E-state index is -2.22. The van der Waals surface area contributed by atoms with Crippen LogP contribution in [0.25, 0.3) is 0 Å². The minimum absolute atomic E-state index is 0.160. The van der Waals surface area contributed by atoms with E-state index in [0.717, 1.165) is 0 Å². The molecule has 0 atom stereocenters. The lowest BCUT2D eigenvalue weighted by Crippen LogP contribution is -2.51. The Labute approximate surface area is 92.3 Å². The number of rotatable bonds is 5. The third-order valence-electron chi connectivity index (χ3n) is 2.22. The second kappa shape index (κ2) is 4.65. The molecule has 5 nitrogen and oxygen atoms in total. The summed E-state index contributed by atoms with van der Waals surface area (Å²) in [6.45, 7) is 1.45. The Morgan fingerprint density at radius 3 is 2.06 bits per heavy atom. The molecule has 5 heteroatoms. The number of para-hydroxylation sites is 1. The number of benzene rings is 1. The molecular formula is C11H12O5. The van der Waals surface area contributed by atoms with Gasteiger partial charge in [0.25, 0.3) is 5.60 Å². The fourth-order valence-electron chi connectivity index (χ4n) is 1.24. The van der Waals surface area contributed by atoms with Crippen LogP contribution in [0.4, 0.5) is 0 Å². The predicted octanol–water partition coefficient (Wildman–Crippen LogP) is 1.38. The summed E-state index contributed by atoms with van der Waals surface area (Å²) in [4.78, 5) is 22.0. The Balaban J connectivity index is 3.04. The van der Waals surface area contributed by atoms with Crippen molar-refractivity contribution in [3.05, 3.63) is 30.3 Å². The van der Waals surface area contributed by atoms with Crippen molar-refractivity contribution in [2.24, 2.45) is 0 Å². The van der Waals surface area contributed by atoms with E-state index in [1.807, 2.05) is 0 Å². The monoisotopic (exact) mass is 224 g/mol. The number of aliphatic carboxylic acids is 2. The highest BCUT2D eigenvalue weighted by atomic mass is 16.6. The quantitative estimate of drug-likeness (QED) is 0.738. The number of carboxylic acids is 2. The first-order valence-corrected chi connectivity index (χ1v) is 4.74. The highest BCUT2D eigenvalue weighted by Gasteiger charge is 2.47. The van der Waals surface area contributed by atoms with Gasteiger partial charge in [-0.15, -0.1) is 0 Å². The van der Waals surface area contributed by atoms with Crippen LogP contribution in [0.1, 0.15) is 13.3 Å². The van der Waals surface area contributed by atoms with Gasteiger partial charge in [-0.3, -0.25) is 0 Å². The van der Waals surface area contributed by atoms with Gasteiger partial charge >= 0.3 is 11.9 Å². The van der Waals surface area contributed by atoms with E-state index in [-0.39, 0.29) is 12.2 Å². The van der Waals surface area contributed by atoms with Crippen LogP contribution < -0.4 is 4.74 Å². The molecule has 0 bridgehead atoms. The van der Waals surface area contributed by atoms with E-state index in [0.29, 0.717) is 0 Å². The maximum Gasteiger partial charge on any atom is 0.360 e. The van der Waals surface area contributed by atoms with Crippen molar-refractivity contribution in [1.82, 2.24) is 0 Å². The average Bonchev–Trinajstić information content (AvgIpc) is 2.26. The maximum atomic E-state index is 11.0. The van der Waals surface area contributed by atoms with Crippen molar-refractivity contribution in [2.75, 3.05) is 0 Å². The Morgan fingerprint density at radius 1 is 1.19 bits per heavy atom. The molecule has 16 heavy (non-hydrogen) atoms. The van der Waals surface area contributed by atoms with E-state index < -0.39 is 17.5 Å². The lowest BCUT2D eigenvalue weighted by molar-refractivity contribution is -0.172. The molecule has 0 aliphatic rings. The molecule has 2 N–H and O–H groups in total. The van der Waals surface area contributed by atoms with Gasteiger partial charge in [0, 0.05) is 6.42 Å². The summed E-state index contributed by atoms with van der Waals surface area (Å²) >= 11 is 0. The first kappa shape index (κ1) is 12.0. The molecule has 0 heterocycles. The van der Waals surface area contributed by atoms with Gasteiger partial charge in [-0.2, -0.15) is 0 Å². The number of hydrogen-bond donors (Lipinski definition) is 2. The molecule has 0 aliphatic heterocycles. The third-order valence-corrected chi connectivity index (χ3v) is 2.22. The van der Waals surface area contributed by atoms with E-state index in [1.54, 1.807) is 18.2 Å². The van der Waals surface area contributed by atoms with Gasteiger partial charge in [0.15, 0.2) is 0 Å². The minimum Gasteiger partial charge on any atom is -0.478 e. The zero-order valence-electron chi connectivity index (χ0n) is 8.71. The zero-order chi connectivity index (χ0) is 12.2. The molecule has 1 aromatic carbocycles. The first-order chi connectivity index (χ1) is 7.53. The van der Waals surface area contributed by atoms with Crippen molar-refractivity contribution in [2.45, 2.75) is 18.9 Å². The normalized spacial score (nSPS) is 10.8. The van der Waals surface area contributed by atoms with Gasteiger partial charge < -0.3 is 14.9 Å². The first-order valence-electron chi connectivity index (χ1n) is 4.74. The molecule has 0 spiro atoms. The van der Waals surface area contributed by atoms with Gasteiger partial charge in [-0.25, -0.2) is 9.59 Å². The van der Waals surface area contributed by atoms with E-state index in [2.05, 4.69) is 0 Å². The summed E-state index contributed by atoms with van der Waals surface area (Å²) in [6, 6.07) is 8.02. The second-order valence-electron chi connectivity index (χ2n) is 3.21. The number of carbonyl (C=O) groups is 2. The Bertz CT molecular complexity index is 371. The highest BCUT2D eigenvalue weighted by molar-refractivity contribution is 6.02. The van der Waals surface area contributed by atoms with Gasteiger partial charge in [0.05, 0.1) is 0 Å². The van der Waals surface area contributed by atoms with Gasteiger partial charge in [-0.05, 0) is 12.1 Å². The summed E-state index contributed by atoms with van der Waals surface area (Å²) in [7, 11) is 0. The SMILES string of the molecule is CCC(Oc1ccccc1)(C(=O)O)C(=O)O. The molecular weight excluding hydrogens is 212 g/mol. The van der Waals surface area contributed by atoms with Crippen LogP contribution in [0.15, 0.2) is 30.3 Å². The molecule has 0 saturated carbocycles. The van der Waals surface area contributed by atoms with Gasteiger partial charge in [0.2, 0.25) is 0 Å². The van der Waals surface area contributed by atoms with Crippen molar-refractivity contribution in [3.63, 3.8) is 0 Å². The largest absolute Gasteiger partial charge is 0.478 e. The predicted molar refractivity (Wildman–Crippen MR) is 55.4 cm³/mol. The molecule has 0 amide bonds. The molecule has 0 fully saturated rings. The van der Waals surface area contributed by atoms with Crippen molar-refractivity contribution < 1.29 is 24.5 Å².